The summed E-state index contributed by atoms with van der Waals surface area (Å²) in [6.45, 7) is 5.64. The Morgan fingerprint density at radius 3 is 2.47 bits per heavy atom. The Hall–Kier alpha value is -0.130. The van der Waals surface area contributed by atoms with Crippen molar-refractivity contribution < 1.29 is 8.42 Å². The molecule has 0 aromatic carbocycles. The molecular weight excluding hydrogens is 236 g/mol. The fraction of sp³-hybridized carbons (Fsp3) is 1.00. The van der Waals surface area contributed by atoms with Gasteiger partial charge in [0.2, 0.25) is 10.0 Å². The number of hydrogen-bond donors (Lipinski definition) is 1. The van der Waals surface area contributed by atoms with Crippen molar-refractivity contribution in [3.63, 3.8) is 0 Å². The van der Waals surface area contributed by atoms with E-state index in [1.165, 1.54) is 12.8 Å². The molecular formula is C12H24N2O2S. The summed E-state index contributed by atoms with van der Waals surface area (Å²) in [4.78, 5) is 0. The van der Waals surface area contributed by atoms with E-state index in [1.807, 2.05) is 13.8 Å². The predicted molar refractivity (Wildman–Crippen MR) is 69.4 cm³/mol. The van der Waals surface area contributed by atoms with Gasteiger partial charge in [-0.2, -0.15) is 4.31 Å². The maximum atomic E-state index is 12.4. The maximum Gasteiger partial charge on any atom is 0.215 e. The minimum absolute atomic E-state index is 0.0852. The van der Waals surface area contributed by atoms with Crippen molar-refractivity contribution in [3.05, 3.63) is 0 Å². The van der Waals surface area contributed by atoms with Crippen LogP contribution in [-0.4, -0.2) is 43.6 Å². The lowest BCUT2D eigenvalue weighted by molar-refractivity contribution is 0.340. The molecule has 2 fully saturated rings. The number of nitrogens with one attached hydrogen (secondary N) is 1. The minimum Gasteiger partial charge on any atom is -0.313 e. The Balaban J connectivity index is 1.98. The molecule has 0 radical (unpaired) electrons. The van der Waals surface area contributed by atoms with E-state index in [4.69, 9.17) is 0 Å². The van der Waals surface area contributed by atoms with Gasteiger partial charge in [0, 0.05) is 18.6 Å². The lowest BCUT2D eigenvalue weighted by Crippen LogP contribution is -2.44. The first-order valence-corrected chi connectivity index (χ1v) is 8.33. The zero-order chi connectivity index (χ0) is 12.5. The molecule has 100 valence electrons. The molecule has 4 nitrogen and oxygen atoms in total. The lowest BCUT2D eigenvalue weighted by Gasteiger charge is -2.27. The molecule has 1 N–H and O–H groups in total. The molecule has 1 unspecified atom stereocenters. The standard InChI is InChI=1S/C12H24N2O2S/c1-10(2)14(8-11-5-6-11)17(15,16)9-12-4-3-7-13-12/h10-13H,3-9H2,1-2H3. The summed E-state index contributed by atoms with van der Waals surface area (Å²) in [5, 5.41) is 3.27. The third-order valence-corrected chi connectivity index (χ3v) is 5.75. The average molecular weight is 260 g/mol. The van der Waals surface area contributed by atoms with Crippen LogP contribution in [-0.2, 0) is 10.0 Å². The Labute approximate surface area is 105 Å². The first-order valence-electron chi connectivity index (χ1n) is 6.72. The molecule has 1 heterocycles. The maximum absolute atomic E-state index is 12.4. The first-order chi connectivity index (χ1) is 7.99. The van der Waals surface area contributed by atoms with E-state index < -0.39 is 10.0 Å². The summed E-state index contributed by atoms with van der Waals surface area (Å²) in [5.74, 6) is 0.890. The molecule has 5 heteroatoms. The summed E-state index contributed by atoms with van der Waals surface area (Å²) >= 11 is 0. The van der Waals surface area contributed by atoms with Crippen LogP contribution in [0.15, 0.2) is 0 Å². The second kappa shape index (κ2) is 5.24. The highest BCUT2D eigenvalue weighted by Gasteiger charge is 2.34. The van der Waals surface area contributed by atoms with E-state index in [-0.39, 0.29) is 17.8 Å². The van der Waals surface area contributed by atoms with Crippen LogP contribution in [0, 0.1) is 5.92 Å². The lowest BCUT2D eigenvalue weighted by atomic mass is 10.3. The van der Waals surface area contributed by atoms with Gasteiger partial charge in [-0.1, -0.05) is 0 Å². The van der Waals surface area contributed by atoms with Gasteiger partial charge in [0.1, 0.15) is 0 Å². The average Bonchev–Trinajstić information content (AvgIpc) is 2.92. The fourth-order valence-corrected chi connectivity index (χ4v) is 4.51. The number of rotatable bonds is 6. The fourth-order valence-electron chi connectivity index (χ4n) is 2.45. The SMILES string of the molecule is CC(C)N(CC1CC1)S(=O)(=O)CC1CCCN1. The van der Waals surface area contributed by atoms with Crippen LogP contribution in [0.1, 0.15) is 39.5 Å². The van der Waals surface area contributed by atoms with Gasteiger partial charge in [-0.15, -0.1) is 0 Å². The van der Waals surface area contributed by atoms with Gasteiger partial charge in [0.25, 0.3) is 0 Å². The topological polar surface area (TPSA) is 49.4 Å². The van der Waals surface area contributed by atoms with E-state index in [9.17, 15) is 8.42 Å². The van der Waals surface area contributed by atoms with Crippen molar-refractivity contribution in [2.75, 3.05) is 18.8 Å². The summed E-state index contributed by atoms with van der Waals surface area (Å²) in [5.41, 5.74) is 0. The van der Waals surface area contributed by atoms with Gasteiger partial charge in [0.15, 0.2) is 0 Å². The predicted octanol–water partition coefficient (Wildman–Crippen LogP) is 1.19. The summed E-state index contributed by atoms with van der Waals surface area (Å²) in [7, 11) is -3.09. The zero-order valence-electron chi connectivity index (χ0n) is 10.9. The van der Waals surface area contributed by atoms with Gasteiger partial charge in [0.05, 0.1) is 5.75 Å². The van der Waals surface area contributed by atoms with Crippen molar-refractivity contribution in [1.82, 2.24) is 9.62 Å². The van der Waals surface area contributed by atoms with Crippen LogP contribution in [0.25, 0.3) is 0 Å². The van der Waals surface area contributed by atoms with Crippen LogP contribution in [0.3, 0.4) is 0 Å². The molecule has 1 saturated heterocycles. The number of nitrogens with zero attached hydrogens (tertiary/aromatic N) is 1. The summed E-state index contributed by atoms with van der Waals surface area (Å²) in [6, 6.07) is 0.252. The zero-order valence-corrected chi connectivity index (χ0v) is 11.7. The molecule has 0 spiro atoms. The van der Waals surface area contributed by atoms with Gasteiger partial charge in [-0.05, 0) is 52.0 Å². The second-order valence-corrected chi connectivity index (χ2v) is 7.64. The van der Waals surface area contributed by atoms with Crippen LogP contribution < -0.4 is 5.32 Å². The van der Waals surface area contributed by atoms with Crippen molar-refractivity contribution >= 4 is 10.0 Å². The van der Waals surface area contributed by atoms with Crippen LogP contribution >= 0.6 is 0 Å². The Morgan fingerprint density at radius 2 is 2.00 bits per heavy atom. The van der Waals surface area contributed by atoms with E-state index in [0.29, 0.717) is 5.92 Å². The third kappa shape index (κ3) is 3.66. The quantitative estimate of drug-likeness (QED) is 0.780. The highest BCUT2D eigenvalue weighted by atomic mass is 32.2. The molecule has 0 aromatic rings. The van der Waals surface area contributed by atoms with E-state index in [1.54, 1.807) is 4.31 Å². The van der Waals surface area contributed by atoms with Crippen LogP contribution in [0.5, 0.6) is 0 Å². The van der Waals surface area contributed by atoms with Crippen molar-refractivity contribution in [3.8, 4) is 0 Å². The molecule has 0 aromatic heterocycles. The molecule has 2 aliphatic rings. The second-order valence-electron chi connectivity index (χ2n) is 5.68. The molecule has 1 saturated carbocycles. The summed E-state index contributed by atoms with van der Waals surface area (Å²) in [6.07, 6.45) is 4.49. The normalized spacial score (nSPS) is 26.0. The van der Waals surface area contributed by atoms with Crippen molar-refractivity contribution in [2.24, 2.45) is 5.92 Å². The highest BCUT2D eigenvalue weighted by Crippen LogP contribution is 2.31. The monoisotopic (exact) mass is 260 g/mol. The molecule has 0 amide bonds. The van der Waals surface area contributed by atoms with Gasteiger partial charge in [-0.3, -0.25) is 0 Å². The van der Waals surface area contributed by atoms with Gasteiger partial charge in [-0.25, -0.2) is 8.42 Å². The van der Waals surface area contributed by atoms with Gasteiger partial charge >= 0.3 is 0 Å². The molecule has 1 atom stereocenters. The van der Waals surface area contributed by atoms with Crippen LogP contribution in [0.2, 0.25) is 0 Å². The third-order valence-electron chi connectivity index (χ3n) is 3.64. The number of sulfonamides is 1. The van der Waals surface area contributed by atoms with Crippen LogP contribution in [0.4, 0.5) is 0 Å². The van der Waals surface area contributed by atoms with Crippen molar-refractivity contribution in [2.45, 2.75) is 51.6 Å². The molecule has 2 rings (SSSR count). The molecule has 17 heavy (non-hydrogen) atoms. The summed E-state index contributed by atoms with van der Waals surface area (Å²) < 4.78 is 26.5. The Kier molecular flexibility index (Phi) is 4.10. The highest BCUT2D eigenvalue weighted by molar-refractivity contribution is 7.89. The van der Waals surface area contributed by atoms with Gasteiger partial charge < -0.3 is 5.32 Å². The largest absolute Gasteiger partial charge is 0.313 e. The van der Waals surface area contributed by atoms with E-state index in [2.05, 4.69) is 5.32 Å². The first kappa shape index (κ1) is 13.3. The molecule has 1 aliphatic heterocycles. The Bertz CT molecular complexity index is 344. The minimum atomic E-state index is -3.09. The smallest absolute Gasteiger partial charge is 0.215 e. The molecule has 1 aliphatic carbocycles. The number of hydrogen-bond acceptors (Lipinski definition) is 3. The Morgan fingerprint density at radius 1 is 1.29 bits per heavy atom. The van der Waals surface area contributed by atoms with E-state index in [0.717, 1.165) is 25.9 Å². The molecule has 0 bridgehead atoms. The van der Waals surface area contributed by atoms with Crippen molar-refractivity contribution in [1.29, 1.82) is 0 Å². The van der Waals surface area contributed by atoms with E-state index >= 15 is 0 Å².